The lowest BCUT2D eigenvalue weighted by Crippen LogP contribution is -2.29. The van der Waals surface area contributed by atoms with Crippen LogP contribution in [0.1, 0.15) is 109 Å². The number of phenols is 1. The minimum absolute atomic E-state index is 0.0372. The number of fused-ring (bicyclic) bond motifs is 4. The molecule has 76 heavy (non-hydrogen) atoms. The van der Waals surface area contributed by atoms with Crippen molar-refractivity contribution in [1.29, 1.82) is 0 Å². The molecule has 8 rings (SSSR count). The van der Waals surface area contributed by atoms with Crippen LogP contribution in [0, 0.1) is 6.92 Å². The van der Waals surface area contributed by atoms with E-state index in [1.165, 1.54) is 60.7 Å². The van der Waals surface area contributed by atoms with E-state index in [1.807, 2.05) is 37.3 Å². The van der Waals surface area contributed by atoms with Gasteiger partial charge in [-0.05, 0) is 127 Å². The van der Waals surface area contributed by atoms with Crippen LogP contribution in [-0.2, 0) is 13.9 Å². The zero-order valence-electron chi connectivity index (χ0n) is 41.6. The van der Waals surface area contributed by atoms with Crippen molar-refractivity contribution in [3.63, 3.8) is 0 Å². The molecule has 18 heteroatoms. The molecule has 17 nitrogen and oxygen atoms in total. The third kappa shape index (κ3) is 12.9. The maximum atomic E-state index is 13.3. The standard InChI is InChI=1S/C58H56N3O14P/c1-34-11-17-42-48(27-34)74-49-28-35(2)12-18-43(49)53(42)46-29-36(13-19-40(46)57(67)68)55(65)60-24-8-4-3-7-23-59-52(64)33-76(71,72)73-26-10-6-5-9-25-61-56(66)37-14-20-41(58(69)70)47(30-37)54-44-21-15-38(62)31-50(44)75-51-32-39(63)16-22-45(51)54/h11-22,27-32,62H,1,3-10,23-26,33H2,2H3,(H,59,64)(H,60,65)(H,61,66)(H,67,68)(H,69,70)(H,71,72)/p-1. The molecule has 5 aromatic rings. The molecule has 2 aliphatic heterocycles. The molecule has 0 saturated carbocycles. The fraction of sp³-hybridized carbons (Fsp3) is 0.241. The lowest BCUT2D eigenvalue weighted by Gasteiger charge is -2.23. The molecule has 1 unspecified atom stereocenters. The van der Waals surface area contributed by atoms with Crippen LogP contribution >= 0.6 is 7.60 Å². The minimum atomic E-state index is -4.45. The van der Waals surface area contributed by atoms with Crippen LogP contribution in [0.5, 0.6) is 17.2 Å². The number of benzene rings is 6. The molecule has 0 saturated heterocycles. The molecule has 5 aromatic carbocycles. The molecule has 0 bridgehead atoms. The van der Waals surface area contributed by atoms with Crippen molar-refractivity contribution in [3.05, 3.63) is 169 Å². The summed E-state index contributed by atoms with van der Waals surface area (Å²) in [6, 6.07) is 28.3. The van der Waals surface area contributed by atoms with E-state index in [2.05, 4.69) is 22.5 Å². The van der Waals surface area contributed by atoms with Crippen molar-refractivity contribution in [1.82, 2.24) is 16.0 Å². The van der Waals surface area contributed by atoms with Crippen molar-refractivity contribution in [2.75, 3.05) is 32.4 Å². The zero-order chi connectivity index (χ0) is 54.1. The molecule has 0 spiro atoms. The molecule has 0 fully saturated rings. The summed E-state index contributed by atoms with van der Waals surface area (Å²) >= 11 is 0. The third-order valence-corrected chi connectivity index (χ3v) is 14.1. The van der Waals surface area contributed by atoms with Gasteiger partial charge in [-0.15, -0.1) is 0 Å². The van der Waals surface area contributed by atoms with Crippen LogP contribution in [0.3, 0.4) is 0 Å². The number of phenolic OH excluding ortho intramolecular Hbond substituents is 1. The Morgan fingerprint density at radius 2 is 1.26 bits per heavy atom. The summed E-state index contributed by atoms with van der Waals surface area (Å²) in [6.07, 6.45) is 4.02. The second-order valence-corrected chi connectivity index (χ2v) is 20.3. The third-order valence-electron chi connectivity index (χ3n) is 12.9. The summed E-state index contributed by atoms with van der Waals surface area (Å²) in [5.74, 6) is -2.67. The number of aryl methyl sites for hydroxylation is 1. The first-order chi connectivity index (χ1) is 36.5. The first-order valence-electron chi connectivity index (χ1n) is 24.8. The summed E-state index contributed by atoms with van der Waals surface area (Å²) in [5.41, 5.74) is 4.06. The molecule has 6 N–H and O–H groups in total. The number of unbranched alkanes of at least 4 members (excludes halogenated alkanes) is 6. The van der Waals surface area contributed by atoms with Gasteiger partial charge in [0.25, 0.3) is 11.8 Å². The molecule has 3 amide bonds. The fourth-order valence-electron chi connectivity index (χ4n) is 9.14. The Bertz CT molecular complexity index is 3610. The Kier molecular flexibility index (Phi) is 16.9. The maximum absolute atomic E-state index is 13.3. The molecule has 3 aliphatic rings. The van der Waals surface area contributed by atoms with Crippen molar-refractivity contribution in [3.8, 4) is 39.7 Å². The van der Waals surface area contributed by atoms with Crippen molar-refractivity contribution >= 4 is 60.4 Å². The van der Waals surface area contributed by atoms with Crippen molar-refractivity contribution < 1.29 is 62.4 Å². The summed E-state index contributed by atoms with van der Waals surface area (Å²) < 4.78 is 29.7. The molecule has 1 atom stereocenters. The Hall–Kier alpha value is -8.37. The van der Waals surface area contributed by atoms with E-state index < -0.39 is 37.5 Å². The number of carbonyl (C=O) groups is 5. The Labute approximate surface area is 436 Å². The van der Waals surface area contributed by atoms with Crippen LogP contribution in [0.25, 0.3) is 45.6 Å². The second-order valence-electron chi connectivity index (χ2n) is 18.5. The van der Waals surface area contributed by atoms with Gasteiger partial charge in [-0.3, -0.25) is 19.2 Å². The SMILES string of the molecule is C=c1ccc2c(c1)Oc1cc(C)ccc1C=2c1cc(C(=O)NCCCCCCNC(=O)CP(=O)([O-])OCCCCCCNC(=O)c2ccc(C(=O)O)c(-c3c4ccc(=O)cc-4oc4cc(O)ccc34)c2)ccc1C(=O)O. The predicted octanol–water partition coefficient (Wildman–Crippen LogP) is 7.71. The van der Waals surface area contributed by atoms with E-state index in [0.29, 0.717) is 107 Å². The van der Waals surface area contributed by atoms with E-state index in [4.69, 9.17) is 13.7 Å². The van der Waals surface area contributed by atoms with Gasteiger partial charge in [-0.1, -0.05) is 56.5 Å². The first kappa shape index (κ1) is 53.9. The Morgan fingerprint density at radius 3 is 1.93 bits per heavy atom. The van der Waals surface area contributed by atoms with Gasteiger partial charge in [0.15, 0.2) is 5.43 Å². The largest absolute Gasteiger partial charge is 0.778 e. The summed E-state index contributed by atoms with van der Waals surface area (Å²) in [7, 11) is -4.45. The molecular formula is C58H55N3O14P-. The number of hydrogen-bond donors (Lipinski definition) is 6. The number of carbonyl (C=O) groups excluding carboxylic acids is 3. The maximum Gasteiger partial charge on any atom is 0.336 e. The van der Waals surface area contributed by atoms with Crippen LogP contribution in [0.2, 0.25) is 0 Å². The highest BCUT2D eigenvalue weighted by atomic mass is 31.2. The lowest BCUT2D eigenvalue weighted by atomic mass is 9.88. The van der Waals surface area contributed by atoms with Crippen molar-refractivity contribution in [2.45, 2.75) is 58.3 Å². The van der Waals surface area contributed by atoms with Gasteiger partial charge in [0.1, 0.15) is 36.2 Å². The van der Waals surface area contributed by atoms with Crippen LogP contribution in [-0.4, -0.2) is 77.4 Å². The quantitative estimate of drug-likeness (QED) is 0.0204. The zero-order valence-corrected chi connectivity index (χ0v) is 42.5. The number of carboxylic acid groups (broad SMARTS) is 2. The lowest BCUT2D eigenvalue weighted by molar-refractivity contribution is -0.198. The second kappa shape index (κ2) is 23.9. The number of hydrogen-bond acceptors (Lipinski definition) is 12. The highest BCUT2D eigenvalue weighted by Gasteiger charge is 2.27. The van der Waals surface area contributed by atoms with Gasteiger partial charge in [-0.25, -0.2) is 9.59 Å². The van der Waals surface area contributed by atoms with Gasteiger partial charge in [0, 0.05) is 75.8 Å². The van der Waals surface area contributed by atoms with E-state index in [-0.39, 0.29) is 70.4 Å². The average molecular weight is 1050 g/mol. The monoisotopic (exact) mass is 1050 g/mol. The number of amides is 3. The number of aromatic carboxylic acids is 2. The topological polar surface area (TPSA) is 271 Å². The molecular weight excluding hydrogens is 994 g/mol. The normalized spacial score (nSPS) is 12.5. The average Bonchev–Trinajstić information content (AvgIpc) is 3.40. The van der Waals surface area contributed by atoms with Crippen LogP contribution in [0.15, 0.2) is 118 Å². The number of ether oxygens (including phenoxy) is 1. The van der Waals surface area contributed by atoms with Gasteiger partial charge in [0.05, 0.1) is 23.9 Å². The molecule has 0 radical (unpaired) electrons. The van der Waals surface area contributed by atoms with E-state index >= 15 is 0 Å². The summed E-state index contributed by atoms with van der Waals surface area (Å²) in [6.45, 7) is 6.73. The first-order valence-corrected chi connectivity index (χ1v) is 26.5. The fourth-order valence-corrected chi connectivity index (χ4v) is 10.1. The molecule has 392 valence electrons. The van der Waals surface area contributed by atoms with Gasteiger partial charge >= 0.3 is 11.9 Å². The summed E-state index contributed by atoms with van der Waals surface area (Å²) in [4.78, 5) is 88.6. The van der Waals surface area contributed by atoms with Gasteiger partial charge < -0.3 is 54.4 Å². The van der Waals surface area contributed by atoms with Crippen LogP contribution in [0.4, 0.5) is 0 Å². The number of aromatic hydroxyl groups is 1. The Balaban J connectivity index is 0.721. The van der Waals surface area contributed by atoms with Crippen molar-refractivity contribution in [2.24, 2.45) is 0 Å². The smallest absolute Gasteiger partial charge is 0.336 e. The highest BCUT2D eigenvalue weighted by Crippen LogP contribution is 2.43. The number of nitrogens with one attached hydrogen (secondary N) is 3. The number of carboxylic acids is 2. The Morgan fingerprint density at radius 1 is 0.645 bits per heavy atom. The molecule has 0 aromatic heterocycles. The minimum Gasteiger partial charge on any atom is -0.778 e. The van der Waals surface area contributed by atoms with E-state index in [1.54, 1.807) is 18.2 Å². The van der Waals surface area contributed by atoms with Gasteiger partial charge in [-0.2, -0.15) is 0 Å². The molecule has 1 aliphatic carbocycles. The highest BCUT2D eigenvalue weighted by molar-refractivity contribution is 7.52. The predicted molar refractivity (Wildman–Crippen MR) is 284 cm³/mol. The number of rotatable bonds is 23. The van der Waals surface area contributed by atoms with Crippen LogP contribution < -0.4 is 41.4 Å². The summed E-state index contributed by atoms with van der Waals surface area (Å²) in [5, 5.41) is 40.6. The van der Waals surface area contributed by atoms with Gasteiger partial charge in [0.2, 0.25) is 5.91 Å². The van der Waals surface area contributed by atoms with E-state index in [0.717, 1.165) is 17.2 Å². The van der Waals surface area contributed by atoms with E-state index in [9.17, 15) is 53.5 Å². The molecule has 2 heterocycles.